The van der Waals surface area contributed by atoms with Crippen molar-refractivity contribution in [1.29, 1.82) is 0 Å². The molecule has 0 bridgehead atoms. The summed E-state index contributed by atoms with van der Waals surface area (Å²) in [5.41, 5.74) is 0.847. The number of carbonyl (C=O) groups excluding carboxylic acids is 2. The van der Waals surface area contributed by atoms with Gasteiger partial charge in [0.25, 0.3) is 0 Å². The van der Waals surface area contributed by atoms with Gasteiger partial charge in [0.1, 0.15) is 6.61 Å². The second kappa shape index (κ2) is 10.5. The minimum atomic E-state index is -0.494. The molecule has 2 aliphatic rings. The van der Waals surface area contributed by atoms with Crippen LogP contribution < -0.4 is 10.6 Å². The Hall–Kier alpha value is -1.54. The lowest BCUT2D eigenvalue weighted by Crippen LogP contribution is -2.53. The predicted molar refractivity (Wildman–Crippen MR) is 111 cm³/mol. The van der Waals surface area contributed by atoms with E-state index in [-0.39, 0.29) is 30.5 Å². The molecule has 2 N–H and O–H groups in total. The molecule has 1 aromatic rings. The molecule has 0 spiro atoms. The van der Waals surface area contributed by atoms with Gasteiger partial charge in [0, 0.05) is 38.8 Å². The third kappa shape index (κ3) is 6.22. The number of rotatable bonds is 8. The smallest absolute Gasteiger partial charge is 0.407 e. The molecule has 160 valence electrons. The van der Waals surface area contributed by atoms with Crippen molar-refractivity contribution in [3.05, 3.63) is 33.8 Å². The lowest BCUT2D eigenvalue weighted by Gasteiger charge is -2.33. The van der Waals surface area contributed by atoms with Gasteiger partial charge in [-0.1, -0.05) is 35.3 Å². The maximum atomic E-state index is 13.3. The molecule has 2 fully saturated rings. The average molecular weight is 444 g/mol. The molecule has 9 heteroatoms. The van der Waals surface area contributed by atoms with Gasteiger partial charge in [-0.05, 0) is 30.9 Å². The topological polar surface area (TPSA) is 79.9 Å². The Kier molecular flexibility index (Phi) is 8.00. The molecule has 1 heterocycles. The molecule has 1 aliphatic heterocycles. The zero-order valence-electron chi connectivity index (χ0n) is 16.5. The van der Waals surface area contributed by atoms with Crippen LogP contribution in [0.1, 0.15) is 24.8 Å². The van der Waals surface area contributed by atoms with Crippen LogP contribution in [0, 0.1) is 5.92 Å². The average Bonchev–Trinajstić information content (AvgIpc) is 3.54. The lowest BCUT2D eigenvalue weighted by atomic mass is 9.94. The summed E-state index contributed by atoms with van der Waals surface area (Å²) in [6, 6.07) is 5.56. The van der Waals surface area contributed by atoms with Gasteiger partial charge in [-0.3, -0.25) is 4.79 Å². The summed E-state index contributed by atoms with van der Waals surface area (Å²) in [5.74, 6) is -0.137. The molecule has 2 atom stereocenters. The zero-order chi connectivity index (χ0) is 20.8. The molecule has 1 saturated carbocycles. The van der Waals surface area contributed by atoms with Gasteiger partial charge in [-0.2, -0.15) is 0 Å². The van der Waals surface area contributed by atoms with Crippen molar-refractivity contribution >= 4 is 35.2 Å². The molecule has 0 radical (unpaired) electrons. The fourth-order valence-corrected chi connectivity index (χ4v) is 3.91. The van der Waals surface area contributed by atoms with Gasteiger partial charge in [0.05, 0.1) is 22.6 Å². The standard InChI is InChI=1S/C20H27Cl2N3O4/c1-28-7-8-29-20(27)24-15-9-14(10-23-11-15)19(26)25(16-5-6-16)12-13-3-2-4-17(21)18(13)22/h2-4,14-16,23H,5-12H2,1H3,(H,24,27). The first-order valence-electron chi connectivity index (χ1n) is 9.86. The summed E-state index contributed by atoms with van der Waals surface area (Å²) in [6.07, 6.45) is 2.07. The van der Waals surface area contributed by atoms with Crippen LogP contribution in [0.3, 0.4) is 0 Å². The van der Waals surface area contributed by atoms with Gasteiger partial charge in [-0.15, -0.1) is 0 Å². The molecule has 7 nitrogen and oxygen atoms in total. The number of methoxy groups -OCH3 is 1. The molecule has 1 aromatic carbocycles. The van der Waals surface area contributed by atoms with E-state index in [4.69, 9.17) is 32.7 Å². The number of ether oxygens (including phenoxy) is 2. The molecule has 0 aromatic heterocycles. The molecule has 1 saturated heterocycles. The van der Waals surface area contributed by atoms with Gasteiger partial charge < -0.3 is 25.0 Å². The SMILES string of the molecule is COCCOC(=O)NC1CNCC(C(=O)N(Cc2cccc(Cl)c2Cl)C2CC2)C1. The number of hydrogen-bond acceptors (Lipinski definition) is 5. The Morgan fingerprint density at radius 1 is 1.24 bits per heavy atom. The summed E-state index contributed by atoms with van der Waals surface area (Å²) in [6.45, 7) is 2.17. The van der Waals surface area contributed by atoms with Crippen molar-refractivity contribution < 1.29 is 19.1 Å². The Bertz CT molecular complexity index is 730. The fraction of sp³-hybridized carbons (Fsp3) is 0.600. The third-order valence-electron chi connectivity index (χ3n) is 5.19. The number of benzene rings is 1. The number of halogens is 2. The van der Waals surface area contributed by atoms with E-state index in [0.29, 0.717) is 42.7 Å². The second-order valence-corrected chi connectivity index (χ2v) is 8.26. The van der Waals surface area contributed by atoms with Crippen LogP contribution in [-0.2, 0) is 20.8 Å². The molecule has 2 amide bonds. The molecule has 1 aliphatic carbocycles. The van der Waals surface area contributed by atoms with Crippen molar-refractivity contribution in [3.8, 4) is 0 Å². The van der Waals surface area contributed by atoms with Crippen molar-refractivity contribution in [2.75, 3.05) is 33.4 Å². The van der Waals surface area contributed by atoms with Crippen molar-refractivity contribution in [1.82, 2.24) is 15.5 Å². The van der Waals surface area contributed by atoms with E-state index < -0.39 is 6.09 Å². The predicted octanol–water partition coefficient (Wildman–Crippen LogP) is 2.84. The normalized spacial score (nSPS) is 21.5. The molecular weight excluding hydrogens is 417 g/mol. The second-order valence-electron chi connectivity index (χ2n) is 7.47. The van der Waals surface area contributed by atoms with Gasteiger partial charge >= 0.3 is 6.09 Å². The summed E-state index contributed by atoms with van der Waals surface area (Å²) in [4.78, 5) is 27.1. The molecular formula is C20H27Cl2N3O4. The number of hydrogen-bond donors (Lipinski definition) is 2. The van der Waals surface area contributed by atoms with E-state index in [1.807, 2.05) is 17.0 Å². The van der Waals surface area contributed by atoms with E-state index in [0.717, 1.165) is 18.4 Å². The minimum absolute atomic E-state index is 0.0790. The highest BCUT2D eigenvalue weighted by Crippen LogP contribution is 2.33. The van der Waals surface area contributed by atoms with E-state index in [9.17, 15) is 9.59 Å². The van der Waals surface area contributed by atoms with E-state index in [1.165, 1.54) is 0 Å². The van der Waals surface area contributed by atoms with Gasteiger partial charge in [0.2, 0.25) is 5.91 Å². The van der Waals surface area contributed by atoms with Crippen molar-refractivity contribution in [2.24, 2.45) is 5.92 Å². The third-order valence-corrected chi connectivity index (χ3v) is 6.04. The largest absolute Gasteiger partial charge is 0.447 e. The highest BCUT2D eigenvalue weighted by Gasteiger charge is 2.38. The molecule has 29 heavy (non-hydrogen) atoms. The highest BCUT2D eigenvalue weighted by atomic mass is 35.5. The zero-order valence-corrected chi connectivity index (χ0v) is 18.0. The van der Waals surface area contributed by atoms with Crippen molar-refractivity contribution in [3.63, 3.8) is 0 Å². The Morgan fingerprint density at radius 2 is 2.03 bits per heavy atom. The number of alkyl carbamates (subject to hydrolysis) is 1. The summed E-state index contributed by atoms with van der Waals surface area (Å²) in [7, 11) is 1.55. The maximum Gasteiger partial charge on any atom is 0.407 e. The maximum absolute atomic E-state index is 13.3. The van der Waals surface area contributed by atoms with Crippen LogP contribution in [0.5, 0.6) is 0 Å². The first-order valence-corrected chi connectivity index (χ1v) is 10.6. The van der Waals surface area contributed by atoms with Crippen LogP contribution in [0.4, 0.5) is 4.79 Å². The van der Waals surface area contributed by atoms with Gasteiger partial charge in [-0.25, -0.2) is 4.79 Å². The van der Waals surface area contributed by atoms with Crippen LogP contribution in [-0.4, -0.2) is 62.4 Å². The van der Waals surface area contributed by atoms with Crippen LogP contribution in [0.15, 0.2) is 18.2 Å². The Morgan fingerprint density at radius 3 is 2.76 bits per heavy atom. The van der Waals surface area contributed by atoms with Crippen LogP contribution in [0.25, 0.3) is 0 Å². The number of amides is 2. The lowest BCUT2D eigenvalue weighted by molar-refractivity contribution is -0.137. The Labute approximate surface area is 181 Å². The van der Waals surface area contributed by atoms with Crippen molar-refractivity contribution in [2.45, 2.75) is 37.9 Å². The fourth-order valence-electron chi connectivity index (χ4n) is 3.53. The highest BCUT2D eigenvalue weighted by molar-refractivity contribution is 6.42. The van der Waals surface area contributed by atoms with Crippen LogP contribution >= 0.6 is 23.2 Å². The molecule has 3 rings (SSSR count). The minimum Gasteiger partial charge on any atom is -0.447 e. The molecule has 2 unspecified atom stereocenters. The monoisotopic (exact) mass is 443 g/mol. The summed E-state index contributed by atoms with van der Waals surface area (Å²) < 4.78 is 9.92. The first-order chi connectivity index (χ1) is 14.0. The van der Waals surface area contributed by atoms with E-state index in [1.54, 1.807) is 13.2 Å². The van der Waals surface area contributed by atoms with Crippen LogP contribution in [0.2, 0.25) is 10.0 Å². The number of piperidine rings is 1. The summed E-state index contributed by atoms with van der Waals surface area (Å²) >= 11 is 12.5. The first kappa shape index (κ1) is 22.2. The van der Waals surface area contributed by atoms with E-state index >= 15 is 0 Å². The quantitative estimate of drug-likeness (QED) is 0.603. The summed E-state index contributed by atoms with van der Waals surface area (Å²) in [5, 5.41) is 7.05. The Balaban J connectivity index is 1.59. The van der Waals surface area contributed by atoms with Gasteiger partial charge in [0.15, 0.2) is 0 Å². The number of carbonyl (C=O) groups is 2. The number of nitrogens with one attached hydrogen (secondary N) is 2. The van der Waals surface area contributed by atoms with E-state index in [2.05, 4.69) is 10.6 Å². The number of nitrogens with zero attached hydrogens (tertiary/aromatic N) is 1.